The highest BCUT2D eigenvalue weighted by molar-refractivity contribution is 6.35. The number of halogens is 2. The highest BCUT2D eigenvalue weighted by Crippen LogP contribution is 2.25. The van der Waals surface area contributed by atoms with E-state index in [1.807, 2.05) is 0 Å². The van der Waals surface area contributed by atoms with Crippen molar-refractivity contribution in [3.63, 3.8) is 0 Å². The Morgan fingerprint density at radius 1 is 1.26 bits per heavy atom. The van der Waals surface area contributed by atoms with E-state index in [0.29, 0.717) is 21.6 Å². The summed E-state index contributed by atoms with van der Waals surface area (Å²) in [5.41, 5.74) is 0.610. The minimum Gasteiger partial charge on any atom is -0.372 e. The molecule has 7 heteroatoms. The molecule has 0 saturated heterocycles. The Bertz CT molecular complexity index is 618. The lowest BCUT2D eigenvalue weighted by Gasteiger charge is -2.07. The van der Waals surface area contributed by atoms with Gasteiger partial charge >= 0.3 is 0 Å². The number of carbonyl (C=O) groups is 1. The maximum absolute atomic E-state index is 12.0. The average Bonchev–Trinajstić information content (AvgIpc) is 2.43. The van der Waals surface area contributed by atoms with Crippen LogP contribution in [0.4, 0.5) is 11.5 Å². The van der Waals surface area contributed by atoms with Gasteiger partial charge in [-0.1, -0.05) is 23.2 Å². The van der Waals surface area contributed by atoms with Crippen LogP contribution in [0.3, 0.4) is 0 Å². The Balaban J connectivity index is 2.22. The molecule has 0 aliphatic carbocycles. The van der Waals surface area contributed by atoms with E-state index in [2.05, 4.69) is 20.6 Å². The quantitative estimate of drug-likeness (QED) is 0.913. The van der Waals surface area contributed by atoms with E-state index in [1.165, 1.54) is 12.4 Å². The number of rotatable bonds is 3. The summed E-state index contributed by atoms with van der Waals surface area (Å²) in [6.45, 7) is 0. The number of hydrogen-bond acceptors (Lipinski definition) is 4. The van der Waals surface area contributed by atoms with E-state index in [1.54, 1.807) is 25.2 Å². The Morgan fingerprint density at radius 2 is 2.05 bits per heavy atom. The fourth-order valence-electron chi connectivity index (χ4n) is 1.38. The summed E-state index contributed by atoms with van der Waals surface area (Å²) in [5, 5.41) is 6.32. The topological polar surface area (TPSA) is 66.9 Å². The molecule has 0 aliphatic rings. The maximum atomic E-state index is 12.0. The van der Waals surface area contributed by atoms with Crippen molar-refractivity contribution < 1.29 is 4.79 Å². The van der Waals surface area contributed by atoms with Gasteiger partial charge in [0.15, 0.2) is 0 Å². The van der Waals surface area contributed by atoms with Crippen LogP contribution in [0.2, 0.25) is 10.0 Å². The first-order chi connectivity index (χ1) is 9.10. The molecule has 1 heterocycles. The van der Waals surface area contributed by atoms with E-state index < -0.39 is 5.91 Å². The van der Waals surface area contributed by atoms with E-state index in [0.717, 1.165) is 0 Å². The lowest BCUT2D eigenvalue weighted by Crippen LogP contribution is -2.15. The number of nitrogens with one attached hydrogen (secondary N) is 2. The van der Waals surface area contributed by atoms with Crippen molar-refractivity contribution >= 4 is 40.6 Å². The minimum atomic E-state index is -0.409. The van der Waals surface area contributed by atoms with Gasteiger partial charge in [0, 0.05) is 12.1 Å². The van der Waals surface area contributed by atoms with Gasteiger partial charge in [-0.2, -0.15) is 0 Å². The molecule has 0 saturated carbocycles. The first-order valence-corrected chi connectivity index (χ1v) is 6.12. The van der Waals surface area contributed by atoms with Crippen molar-refractivity contribution in [2.45, 2.75) is 0 Å². The molecule has 0 aliphatic heterocycles. The lowest BCUT2D eigenvalue weighted by molar-refractivity contribution is 0.102. The van der Waals surface area contributed by atoms with Crippen LogP contribution in [0.15, 0.2) is 30.6 Å². The Labute approximate surface area is 120 Å². The van der Waals surface area contributed by atoms with Crippen LogP contribution in [0, 0.1) is 0 Å². The molecular formula is C12H10Cl2N4O. The lowest BCUT2D eigenvalue weighted by atomic mass is 10.3. The minimum absolute atomic E-state index is 0.183. The predicted molar refractivity (Wildman–Crippen MR) is 76.0 cm³/mol. The molecule has 98 valence electrons. The van der Waals surface area contributed by atoms with Crippen LogP contribution in [-0.4, -0.2) is 22.9 Å². The zero-order valence-corrected chi connectivity index (χ0v) is 11.5. The predicted octanol–water partition coefficient (Wildman–Crippen LogP) is 3.08. The van der Waals surface area contributed by atoms with Crippen LogP contribution in [0.1, 0.15) is 10.5 Å². The van der Waals surface area contributed by atoms with Gasteiger partial charge in [0.1, 0.15) is 11.5 Å². The first kappa shape index (κ1) is 13.6. The highest BCUT2D eigenvalue weighted by Gasteiger charge is 2.11. The van der Waals surface area contributed by atoms with Gasteiger partial charge in [-0.05, 0) is 18.2 Å². The third-order valence-corrected chi connectivity index (χ3v) is 2.86. The zero-order valence-electron chi connectivity index (χ0n) is 9.95. The molecule has 0 bridgehead atoms. The largest absolute Gasteiger partial charge is 0.372 e. The van der Waals surface area contributed by atoms with Gasteiger partial charge in [0.05, 0.1) is 23.1 Å². The summed E-state index contributed by atoms with van der Waals surface area (Å²) in [4.78, 5) is 20.0. The third-order valence-electron chi connectivity index (χ3n) is 2.30. The summed E-state index contributed by atoms with van der Waals surface area (Å²) < 4.78 is 0. The summed E-state index contributed by atoms with van der Waals surface area (Å²) in [5.74, 6) is 0.0959. The molecule has 2 N–H and O–H groups in total. The number of amides is 1. The van der Waals surface area contributed by atoms with Crippen molar-refractivity contribution in [1.82, 2.24) is 9.97 Å². The molecule has 0 atom stereocenters. The molecule has 0 unspecified atom stereocenters. The summed E-state index contributed by atoms with van der Waals surface area (Å²) >= 11 is 11.8. The molecule has 1 amide bonds. The van der Waals surface area contributed by atoms with E-state index in [-0.39, 0.29) is 5.69 Å². The average molecular weight is 297 g/mol. The number of hydrogen-bond donors (Lipinski definition) is 2. The number of aromatic nitrogens is 2. The highest BCUT2D eigenvalue weighted by atomic mass is 35.5. The molecule has 0 spiro atoms. The summed E-state index contributed by atoms with van der Waals surface area (Å²) in [7, 11) is 1.69. The monoisotopic (exact) mass is 296 g/mol. The standard InChI is InChI=1S/C12H10Cl2N4O/c1-15-11-6-16-5-10(17-11)12(19)18-9-4-7(13)2-3-8(9)14/h2-6H,1H3,(H,15,17)(H,18,19). The van der Waals surface area contributed by atoms with Gasteiger partial charge in [-0.15, -0.1) is 0 Å². The molecule has 1 aromatic carbocycles. The normalized spacial score (nSPS) is 10.1. The molecule has 0 fully saturated rings. The summed E-state index contributed by atoms with van der Waals surface area (Å²) in [6.07, 6.45) is 2.89. The second-order valence-corrected chi connectivity index (χ2v) is 4.46. The van der Waals surface area contributed by atoms with Gasteiger partial charge in [-0.3, -0.25) is 9.78 Å². The molecule has 2 rings (SSSR count). The van der Waals surface area contributed by atoms with Gasteiger partial charge in [0.25, 0.3) is 5.91 Å². The summed E-state index contributed by atoms with van der Waals surface area (Å²) in [6, 6.07) is 4.81. The first-order valence-electron chi connectivity index (χ1n) is 5.36. The van der Waals surface area contributed by atoms with E-state index >= 15 is 0 Å². The maximum Gasteiger partial charge on any atom is 0.275 e. The van der Waals surface area contributed by atoms with Crippen LogP contribution in [0.5, 0.6) is 0 Å². The molecule has 19 heavy (non-hydrogen) atoms. The van der Waals surface area contributed by atoms with E-state index in [4.69, 9.17) is 23.2 Å². The Morgan fingerprint density at radius 3 is 2.79 bits per heavy atom. The Hall–Kier alpha value is -1.85. The molecule has 0 radical (unpaired) electrons. The second kappa shape index (κ2) is 5.86. The van der Waals surface area contributed by atoms with Crippen molar-refractivity contribution in [2.24, 2.45) is 0 Å². The fraction of sp³-hybridized carbons (Fsp3) is 0.0833. The third kappa shape index (κ3) is 3.33. The van der Waals surface area contributed by atoms with E-state index in [9.17, 15) is 4.79 Å². The van der Waals surface area contributed by atoms with Crippen LogP contribution < -0.4 is 10.6 Å². The zero-order chi connectivity index (χ0) is 13.8. The Kier molecular flexibility index (Phi) is 4.19. The number of benzene rings is 1. The molecule has 2 aromatic rings. The van der Waals surface area contributed by atoms with Crippen LogP contribution in [-0.2, 0) is 0 Å². The van der Waals surface area contributed by atoms with Gasteiger partial charge < -0.3 is 10.6 Å². The molecule has 5 nitrogen and oxygen atoms in total. The van der Waals surface area contributed by atoms with Gasteiger partial charge in [-0.25, -0.2) is 4.98 Å². The van der Waals surface area contributed by atoms with Crippen molar-refractivity contribution in [2.75, 3.05) is 17.7 Å². The molecule has 1 aromatic heterocycles. The number of anilines is 2. The van der Waals surface area contributed by atoms with Crippen molar-refractivity contribution in [3.05, 3.63) is 46.3 Å². The van der Waals surface area contributed by atoms with Crippen molar-refractivity contribution in [3.8, 4) is 0 Å². The second-order valence-electron chi connectivity index (χ2n) is 3.62. The van der Waals surface area contributed by atoms with Crippen LogP contribution in [0.25, 0.3) is 0 Å². The SMILES string of the molecule is CNc1cncc(C(=O)Nc2cc(Cl)ccc2Cl)n1. The number of carbonyl (C=O) groups excluding carboxylic acids is 1. The van der Waals surface area contributed by atoms with Gasteiger partial charge in [0.2, 0.25) is 0 Å². The fourth-order valence-corrected chi connectivity index (χ4v) is 1.71. The van der Waals surface area contributed by atoms with Crippen molar-refractivity contribution in [1.29, 1.82) is 0 Å². The smallest absolute Gasteiger partial charge is 0.275 e. The molecular weight excluding hydrogens is 287 g/mol. The number of nitrogens with zero attached hydrogens (tertiary/aromatic N) is 2. The van der Waals surface area contributed by atoms with Crippen LogP contribution >= 0.6 is 23.2 Å².